The minimum absolute atomic E-state index is 0.00508. The molecule has 3 N–H and O–H groups in total. The number of methoxy groups -OCH3 is 1. The SMILES string of the molecule is COC(=O)c1nc(C=CCNC(=O)OCC2c3ccccc3-c3ccccc32)cnc1N. The number of carbonyl (C=O) groups excluding carboxylic acids is 2. The molecule has 0 radical (unpaired) electrons. The van der Waals surface area contributed by atoms with Crippen molar-refractivity contribution in [2.45, 2.75) is 5.92 Å². The summed E-state index contributed by atoms with van der Waals surface area (Å²) < 4.78 is 10.1. The van der Waals surface area contributed by atoms with Gasteiger partial charge in [0.15, 0.2) is 11.5 Å². The van der Waals surface area contributed by atoms with Crippen LogP contribution in [0.4, 0.5) is 10.6 Å². The molecule has 0 unspecified atom stereocenters. The number of nitrogens with one attached hydrogen (secondary N) is 1. The number of alkyl carbamates (subject to hydrolysis) is 1. The number of carbonyl (C=O) groups is 2. The maximum atomic E-state index is 12.2. The van der Waals surface area contributed by atoms with Crippen LogP contribution < -0.4 is 11.1 Å². The van der Waals surface area contributed by atoms with Gasteiger partial charge in [-0.3, -0.25) is 0 Å². The van der Waals surface area contributed by atoms with Crippen LogP contribution in [0.25, 0.3) is 17.2 Å². The van der Waals surface area contributed by atoms with Crippen molar-refractivity contribution < 1.29 is 19.1 Å². The highest BCUT2D eigenvalue weighted by molar-refractivity contribution is 5.92. The fourth-order valence-corrected chi connectivity index (χ4v) is 3.71. The first-order valence-corrected chi connectivity index (χ1v) is 10.0. The number of nitrogens with two attached hydrogens (primary N) is 1. The molecule has 1 amide bonds. The molecule has 4 rings (SSSR count). The number of esters is 1. The molecule has 2 aromatic carbocycles. The molecule has 3 aromatic rings. The molecule has 1 aliphatic carbocycles. The Hall–Kier alpha value is -4.20. The number of nitrogen functional groups attached to an aromatic ring is 1. The number of rotatable bonds is 6. The Morgan fingerprint density at radius 1 is 1.09 bits per heavy atom. The van der Waals surface area contributed by atoms with Crippen LogP contribution in [0, 0.1) is 0 Å². The van der Waals surface area contributed by atoms with Gasteiger partial charge in [-0.2, -0.15) is 0 Å². The lowest BCUT2D eigenvalue weighted by Crippen LogP contribution is -2.26. The molecule has 0 aliphatic heterocycles. The van der Waals surface area contributed by atoms with Crippen LogP contribution in [-0.2, 0) is 9.47 Å². The van der Waals surface area contributed by atoms with Gasteiger partial charge in [-0.05, 0) is 28.3 Å². The maximum absolute atomic E-state index is 12.2. The van der Waals surface area contributed by atoms with E-state index < -0.39 is 12.1 Å². The minimum Gasteiger partial charge on any atom is -0.464 e. The van der Waals surface area contributed by atoms with Crippen molar-refractivity contribution in [3.8, 4) is 11.1 Å². The summed E-state index contributed by atoms with van der Waals surface area (Å²) in [4.78, 5) is 31.8. The van der Waals surface area contributed by atoms with Crippen molar-refractivity contribution >= 4 is 24.0 Å². The van der Waals surface area contributed by atoms with E-state index >= 15 is 0 Å². The van der Waals surface area contributed by atoms with E-state index in [0.717, 1.165) is 11.1 Å². The summed E-state index contributed by atoms with van der Waals surface area (Å²) in [6, 6.07) is 16.3. The van der Waals surface area contributed by atoms with Crippen LogP contribution >= 0.6 is 0 Å². The lowest BCUT2D eigenvalue weighted by molar-refractivity contribution is 0.0594. The Bertz CT molecular complexity index is 1150. The summed E-state index contributed by atoms with van der Waals surface area (Å²) in [7, 11) is 1.24. The van der Waals surface area contributed by atoms with Crippen molar-refractivity contribution in [1.29, 1.82) is 0 Å². The van der Waals surface area contributed by atoms with Crippen LogP contribution in [0.5, 0.6) is 0 Å². The first-order chi connectivity index (χ1) is 15.6. The Kier molecular flexibility index (Phi) is 6.12. The molecule has 0 spiro atoms. The monoisotopic (exact) mass is 430 g/mol. The second-order valence-electron chi connectivity index (χ2n) is 7.13. The van der Waals surface area contributed by atoms with Gasteiger partial charge in [-0.1, -0.05) is 54.6 Å². The van der Waals surface area contributed by atoms with Crippen molar-refractivity contribution in [2.24, 2.45) is 0 Å². The molecule has 0 atom stereocenters. The summed E-state index contributed by atoms with van der Waals surface area (Å²) in [6.07, 6.45) is 4.19. The van der Waals surface area contributed by atoms with Gasteiger partial charge < -0.3 is 20.5 Å². The molecular formula is C24H22N4O4. The second kappa shape index (κ2) is 9.30. The van der Waals surface area contributed by atoms with Crippen molar-refractivity contribution in [3.05, 3.63) is 83.3 Å². The first kappa shape index (κ1) is 21.0. The molecule has 1 heterocycles. The van der Waals surface area contributed by atoms with E-state index in [0.29, 0.717) is 5.69 Å². The highest BCUT2D eigenvalue weighted by Crippen LogP contribution is 2.44. The molecule has 0 saturated carbocycles. The average molecular weight is 430 g/mol. The molecular weight excluding hydrogens is 408 g/mol. The maximum Gasteiger partial charge on any atom is 0.407 e. The topological polar surface area (TPSA) is 116 Å². The van der Waals surface area contributed by atoms with Gasteiger partial charge in [0, 0.05) is 12.5 Å². The minimum atomic E-state index is -0.665. The van der Waals surface area contributed by atoms with E-state index in [1.807, 2.05) is 24.3 Å². The van der Waals surface area contributed by atoms with E-state index in [2.05, 4.69) is 44.3 Å². The Labute approximate surface area is 185 Å². The molecule has 0 saturated heterocycles. The number of anilines is 1. The number of nitrogens with zero attached hydrogens (tertiary/aromatic N) is 2. The zero-order valence-electron chi connectivity index (χ0n) is 17.4. The average Bonchev–Trinajstić information content (AvgIpc) is 3.14. The number of aromatic nitrogens is 2. The summed E-state index contributed by atoms with van der Waals surface area (Å²) in [5.74, 6) is -0.668. The molecule has 1 aliphatic rings. The Morgan fingerprint density at radius 2 is 1.75 bits per heavy atom. The van der Waals surface area contributed by atoms with E-state index in [-0.39, 0.29) is 30.6 Å². The second-order valence-corrected chi connectivity index (χ2v) is 7.13. The highest BCUT2D eigenvalue weighted by Gasteiger charge is 2.28. The van der Waals surface area contributed by atoms with Gasteiger partial charge in [-0.15, -0.1) is 0 Å². The third kappa shape index (κ3) is 4.29. The quantitative estimate of drug-likeness (QED) is 0.576. The molecule has 1 aromatic heterocycles. The van der Waals surface area contributed by atoms with Crippen LogP contribution in [0.3, 0.4) is 0 Å². The zero-order chi connectivity index (χ0) is 22.5. The lowest BCUT2D eigenvalue weighted by atomic mass is 9.98. The summed E-state index contributed by atoms with van der Waals surface area (Å²) in [6.45, 7) is 0.464. The standard InChI is InChI=1S/C24H22N4O4/c1-31-23(29)21-22(25)27-13-15(28-21)7-6-12-26-24(30)32-14-20-18-10-4-2-8-16(18)17-9-3-5-11-19(17)20/h2-11,13,20H,12,14H2,1H3,(H2,25,27)(H,26,30). The van der Waals surface area contributed by atoms with E-state index in [4.69, 9.17) is 10.5 Å². The summed E-state index contributed by atoms with van der Waals surface area (Å²) in [5, 5.41) is 2.67. The summed E-state index contributed by atoms with van der Waals surface area (Å²) in [5.41, 5.74) is 10.7. The molecule has 162 valence electrons. The third-order valence-electron chi connectivity index (χ3n) is 5.19. The lowest BCUT2D eigenvalue weighted by Gasteiger charge is -2.14. The molecule has 8 nitrogen and oxygen atoms in total. The first-order valence-electron chi connectivity index (χ1n) is 10.0. The molecule has 8 heteroatoms. The number of hydrogen-bond donors (Lipinski definition) is 2. The van der Waals surface area contributed by atoms with Gasteiger partial charge >= 0.3 is 12.1 Å². The van der Waals surface area contributed by atoms with E-state index in [1.165, 1.54) is 24.4 Å². The van der Waals surface area contributed by atoms with Crippen LogP contribution in [-0.4, -0.2) is 42.3 Å². The number of benzene rings is 2. The number of ether oxygens (including phenoxy) is 2. The van der Waals surface area contributed by atoms with Crippen LogP contribution in [0.15, 0.2) is 60.8 Å². The molecule has 0 bridgehead atoms. The van der Waals surface area contributed by atoms with Gasteiger partial charge in [0.05, 0.1) is 19.0 Å². The third-order valence-corrected chi connectivity index (χ3v) is 5.19. The van der Waals surface area contributed by atoms with Gasteiger partial charge in [0.2, 0.25) is 0 Å². The van der Waals surface area contributed by atoms with Crippen molar-refractivity contribution in [1.82, 2.24) is 15.3 Å². The van der Waals surface area contributed by atoms with E-state index in [9.17, 15) is 9.59 Å². The number of hydrogen-bond acceptors (Lipinski definition) is 7. The predicted molar refractivity (Wildman–Crippen MR) is 120 cm³/mol. The van der Waals surface area contributed by atoms with E-state index in [1.54, 1.807) is 12.2 Å². The van der Waals surface area contributed by atoms with Crippen LogP contribution in [0.1, 0.15) is 33.2 Å². The van der Waals surface area contributed by atoms with Gasteiger partial charge in [0.1, 0.15) is 6.61 Å². The van der Waals surface area contributed by atoms with Gasteiger partial charge in [0.25, 0.3) is 0 Å². The van der Waals surface area contributed by atoms with Crippen molar-refractivity contribution in [2.75, 3.05) is 26.0 Å². The van der Waals surface area contributed by atoms with Crippen LogP contribution in [0.2, 0.25) is 0 Å². The highest BCUT2D eigenvalue weighted by atomic mass is 16.5. The molecule has 0 fully saturated rings. The summed E-state index contributed by atoms with van der Waals surface area (Å²) >= 11 is 0. The number of amides is 1. The Morgan fingerprint density at radius 3 is 2.41 bits per heavy atom. The fourth-order valence-electron chi connectivity index (χ4n) is 3.71. The predicted octanol–water partition coefficient (Wildman–Crippen LogP) is 3.40. The molecule has 32 heavy (non-hydrogen) atoms. The Balaban J connectivity index is 1.32. The normalized spacial score (nSPS) is 12.3. The zero-order valence-corrected chi connectivity index (χ0v) is 17.4. The number of fused-ring (bicyclic) bond motifs is 3. The van der Waals surface area contributed by atoms with Crippen molar-refractivity contribution in [3.63, 3.8) is 0 Å². The smallest absolute Gasteiger partial charge is 0.407 e. The fraction of sp³-hybridized carbons (Fsp3) is 0.167. The largest absolute Gasteiger partial charge is 0.464 e. The van der Waals surface area contributed by atoms with Gasteiger partial charge in [-0.25, -0.2) is 19.6 Å².